The third-order valence-corrected chi connectivity index (χ3v) is 2.56. The Morgan fingerprint density at radius 3 is 1.46 bits per heavy atom. The fourth-order valence-electron chi connectivity index (χ4n) is 1.41. The van der Waals surface area contributed by atoms with Gasteiger partial charge in [-0.05, 0) is 0 Å². The molecule has 3 heteroatoms. The molecule has 13 heavy (non-hydrogen) atoms. The molecule has 0 bridgehead atoms. The van der Waals surface area contributed by atoms with Gasteiger partial charge in [-0.1, -0.05) is 33.1 Å². The fraction of sp³-hybridized carbons (Fsp3) is 0.600. The molecule has 0 saturated carbocycles. The minimum atomic E-state index is 0. The van der Waals surface area contributed by atoms with E-state index in [1.165, 1.54) is 16.7 Å². The van der Waals surface area contributed by atoms with Crippen LogP contribution in [0.15, 0.2) is 16.7 Å². The summed E-state index contributed by atoms with van der Waals surface area (Å²) in [5, 5.41) is 0. The van der Waals surface area contributed by atoms with Gasteiger partial charge < -0.3 is 24.8 Å². The maximum absolute atomic E-state index is 3.44. The minimum Gasteiger partial charge on any atom is -1.00 e. The van der Waals surface area contributed by atoms with Gasteiger partial charge in [-0.25, -0.2) is 5.57 Å². The fourth-order valence-corrected chi connectivity index (χ4v) is 1.41. The third kappa shape index (κ3) is 3.71. The van der Waals surface area contributed by atoms with Gasteiger partial charge >= 0.3 is 18.6 Å². The van der Waals surface area contributed by atoms with Crippen molar-refractivity contribution < 1.29 is 43.4 Å². The predicted octanol–water partition coefficient (Wildman–Crippen LogP) is -2.88. The molecule has 0 aromatic heterocycles. The second-order valence-corrected chi connectivity index (χ2v) is 3.62. The largest absolute Gasteiger partial charge is 2.00 e. The molecule has 1 rings (SSSR count). The molecule has 75 valence electrons. The van der Waals surface area contributed by atoms with E-state index in [0.717, 1.165) is 0 Å². The molecule has 0 heterocycles. The quantitative estimate of drug-likeness (QED) is 0.409. The molecule has 1 aliphatic carbocycles. The smallest absolute Gasteiger partial charge is 1.00 e. The Balaban J connectivity index is -0.000000333. The predicted molar refractivity (Wildman–Crippen MR) is 44.6 cm³/mol. The van der Waals surface area contributed by atoms with Crippen LogP contribution in [0.3, 0.4) is 0 Å². The van der Waals surface area contributed by atoms with E-state index < -0.39 is 0 Å². The Kier molecular flexibility index (Phi) is 9.17. The Morgan fingerprint density at radius 1 is 1.00 bits per heavy atom. The molecule has 0 amide bonds. The first-order valence-corrected chi connectivity index (χ1v) is 3.75. The summed E-state index contributed by atoms with van der Waals surface area (Å²) in [6.45, 7) is 10.9. The van der Waals surface area contributed by atoms with Crippen LogP contribution in [0.5, 0.6) is 0 Å². The van der Waals surface area contributed by atoms with Crippen molar-refractivity contribution in [2.45, 2.75) is 34.6 Å². The van der Waals surface area contributed by atoms with Crippen LogP contribution >= 0.6 is 0 Å². The molecule has 0 atom stereocenters. The van der Waals surface area contributed by atoms with Crippen LogP contribution < -0.4 is 24.8 Å². The van der Waals surface area contributed by atoms with Crippen molar-refractivity contribution >= 4 is 0 Å². The van der Waals surface area contributed by atoms with Gasteiger partial charge in [-0.15, -0.1) is 6.92 Å². The molecule has 0 saturated heterocycles. The van der Waals surface area contributed by atoms with E-state index in [4.69, 9.17) is 0 Å². The number of halogens is 2. The molecular formula is C10H15Cl2V-. The van der Waals surface area contributed by atoms with E-state index in [2.05, 4.69) is 40.7 Å². The van der Waals surface area contributed by atoms with Crippen LogP contribution in [0.1, 0.15) is 34.6 Å². The first-order valence-electron chi connectivity index (χ1n) is 3.75. The summed E-state index contributed by atoms with van der Waals surface area (Å²) < 4.78 is 0. The van der Waals surface area contributed by atoms with Crippen LogP contribution in [0, 0.1) is 11.5 Å². The molecule has 1 radical (unpaired) electrons. The SMILES string of the molecule is CC1=[C-]C(C)(C)C(C)=C1C.[Cl-].[Cl-].[V+2]. The van der Waals surface area contributed by atoms with Gasteiger partial charge in [-0.3, -0.25) is 6.08 Å². The van der Waals surface area contributed by atoms with Crippen LogP contribution in [0.25, 0.3) is 0 Å². The van der Waals surface area contributed by atoms with Crippen LogP contribution in [-0.4, -0.2) is 0 Å². The molecule has 0 fully saturated rings. The first-order chi connectivity index (χ1) is 4.45. The van der Waals surface area contributed by atoms with Crippen molar-refractivity contribution in [3.8, 4) is 0 Å². The van der Waals surface area contributed by atoms with Crippen molar-refractivity contribution in [1.29, 1.82) is 0 Å². The number of hydrogen-bond donors (Lipinski definition) is 0. The van der Waals surface area contributed by atoms with Crippen molar-refractivity contribution in [2.75, 3.05) is 0 Å². The average molecular weight is 257 g/mol. The van der Waals surface area contributed by atoms with Crippen molar-refractivity contribution in [3.63, 3.8) is 0 Å². The summed E-state index contributed by atoms with van der Waals surface area (Å²) in [6, 6.07) is 0. The molecule has 0 spiro atoms. The standard InChI is InChI=1S/C10H15.2ClH.V/c1-7-6-10(4,5)9(3)8(7)2;;;/h1-5H3;2*1H;/q-1;;;+2/p-2. The second-order valence-electron chi connectivity index (χ2n) is 3.62. The van der Waals surface area contributed by atoms with E-state index in [1.807, 2.05) is 0 Å². The van der Waals surface area contributed by atoms with Crippen LogP contribution in [0.4, 0.5) is 0 Å². The minimum absolute atomic E-state index is 0. The Labute approximate surface area is 106 Å². The molecular weight excluding hydrogens is 242 g/mol. The third-order valence-electron chi connectivity index (χ3n) is 2.56. The summed E-state index contributed by atoms with van der Waals surface area (Å²) in [7, 11) is 0. The molecule has 0 unspecified atom stereocenters. The molecule has 0 nitrogen and oxygen atoms in total. The Hall–Kier alpha value is 0.644. The zero-order chi connectivity index (χ0) is 7.94. The molecule has 0 aromatic rings. The van der Waals surface area contributed by atoms with E-state index in [9.17, 15) is 0 Å². The van der Waals surface area contributed by atoms with E-state index >= 15 is 0 Å². The van der Waals surface area contributed by atoms with Crippen LogP contribution in [-0.2, 0) is 18.6 Å². The van der Waals surface area contributed by atoms with Crippen molar-refractivity contribution in [2.24, 2.45) is 5.41 Å². The van der Waals surface area contributed by atoms with Crippen LogP contribution in [0.2, 0.25) is 0 Å². The van der Waals surface area contributed by atoms with Gasteiger partial charge in [0.25, 0.3) is 0 Å². The maximum Gasteiger partial charge on any atom is 2.00 e. The molecule has 1 aliphatic rings. The van der Waals surface area contributed by atoms with E-state index in [0.29, 0.717) is 0 Å². The average Bonchev–Trinajstić information content (AvgIpc) is 1.95. The van der Waals surface area contributed by atoms with Gasteiger partial charge in [0.2, 0.25) is 0 Å². The van der Waals surface area contributed by atoms with Crippen molar-refractivity contribution in [3.05, 3.63) is 22.8 Å². The summed E-state index contributed by atoms with van der Waals surface area (Å²) >= 11 is 0. The zero-order valence-corrected chi connectivity index (χ0v) is 11.6. The number of allylic oxidation sites excluding steroid dienone is 4. The van der Waals surface area contributed by atoms with Gasteiger partial charge in [0.15, 0.2) is 0 Å². The molecule has 0 N–H and O–H groups in total. The first kappa shape index (κ1) is 19.3. The van der Waals surface area contributed by atoms with E-state index in [-0.39, 0.29) is 48.8 Å². The molecule has 0 aromatic carbocycles. The van der Waals surface area contributed by atoms with Gasteiger partial charge in [0, 0.05) is 0 Å². The normalized spacial score (nSPS) is 18.1. The van der Waals surface area contributed by atoms with Crippen molar-refractivity contribution in [1.82, 2.24) is 0 Å². The van der Waals surface area contributed by atoms with Gasteiger partial charge in [0.05, 0.1) is 0 Å². The maximum atomic E-state index is 3.44. The monoisotopic (exact) mass is 256 g/mol. The second kappa shape index (κ2) is 6.19. The number of rotatable bonds is 0. The molecule has 0 aliphatic heterocycles. The summed E-state index contributed by atoms with van der Waals surface area (Å²) in [6.07, 6.45) is 3.44. The summed E-state index contributed by atoms with van der Waals surface area (Å²) in [5.41, 5.74) is 4.39. The topological polar surface area (TPSA) is 0 Å². The summed E-state index contributed by atoms with van der Waals surface area (Å²) in [5.74, 6) is 0. The number of hydrogen-bond acceptors (Lipinski definition) is 0. The van der Waals surface area contributed by atoms with Gasteiger partial charge in [0.1, 0.15) is 0 Å². The Bertz CT molecular complexity index is 227. The Morgan fingerprint density at radius 2 is 1.38 bits per heavy atom. The van der Waals surface area contributed by atoms with Gasteiger partial charge in [-0.2, -0.15) is 11.1 Å². The zero-order valence-electron chi connectivity index (χ0n) is 8.70. The summed E-state index contributed by atoms with van der Waals surface area (Å²) in [4.78, 5) is 0. The van der Waals surface area contributed by atoms with E-state index in [1.54, 1.807) is 0 Å².